The van der Waals surface area contributed by atoms with Crippen molar-refractivity contribution in [2.24, 2.45) is 0 Å². The van der Waals surface area contributed by atoms with Gasteiger partial charge in [-0.2, -0.15) is 15.4 Å². The predicted molar refractivity (Wildman–Crippen MR) is 93.0 cm³/mol. The third-order valence-electron chi connectivity index (χ3n) is 4.13. The minimum Gasteiger partial charge on any atom is -0.493 e. The molecule has 8 heteroatoms. The quantitative estimate of drug-likeness (QED) is 0.753. The van der Waals surface area contributed by atoms with E-state index in [1.165, 1.54) is 0 Å². The van der Waals surface area contributed by atoms with Crippen molar-refractivity contribution in [3.8, 4) is 51.3 Å². The molecule has 26 heavy (non-hydrogen) atoms. The Morgan fingerprint density at radius 2 is 1.46 bits per heavy atom. The molecule has 134 valence electrons. The lowest BCUT2D eigenvalue weighted by Crippen LogP contribution is -1.96. The van der Waals surface area contributed by atoms with Crippen molar-refractivity contribution in [3.05, 3.63) is 30.3 Å². The monoisotopic (exact) mass is 355 g/mol. The van der Waals surface area contributed by atoms with E-state index in [1.807, 2.05) is 30.3 Å². The number of fused-ring (bicyclic) bond motifs is 1. The molecule has 0 radical (unpaired) electrons. The Hall–Kier alpha value is -3.42. The zero-order chi connectivity index (χ0) is 18.1. The molecule has 8 nitrogen and oxygen atoms in total. The van der Waals surface area contributed by atoms with Crippen LogP contribution in [-0.2, 0) is 0 Å². The van der Waals surface area contributed by atoms with Crippen LogP contribution in [0.4, 0.5) is 0 Å². The van der Waals surface area contributed by atoms with Crippen molar-refractivity contribution < 1.29 is 23.7 Å². The number of rotatable bonds is 5. The highest BCUT2D eigenvalue weighted by molar-refractivity contribution is 5.81. The number of hydrogen-bond acceptors (Lipinski definition) is 7. The second kappa shape index (κ2) is 6.47. The molecule has 0 fully saturated rings. The lowest BCUT2D eigenvalue weighted by molar-refractivity contribution is 0.174. The predicted octanol–water partition coefficient (Wildman–Crippen LogP) is 2.89. The second-order valence-corrected chi connectivity index (χ2v) is 5.50. The third-order valence-corrected chi connectivity index (χ3v) is 4.13. The Bertz CT molecular complexity index is 929. The van der Waals surface area contributed by atoms with E-state index < -0.39 is 0 Å². The number of aromatic amines is 1. The van der Waals surface area contributed by atoms with Crippen molar-refractivity contribution in [1.82, 2.24) is 15.4 Å². The zero-order valence-electron chi connectivity index (χ0n) is 14.5. The van der Waals surface area contributed by atoms with Gasteiger partial charge in [-0.15, -0.1) is 0 Å². The lowest BCUT2D eigenvalue weighted by Gasteiger charge is -2.13. The van der Waals surface area contributed by atoms with Crippen LogP contribution in [0.5, 0.6) is 28.7 Å². The van der Waals surface area contributed by atoms with Gasteiger partial charge in [0.15, 0.2) is 23.0 Å². The van der Waals surface area contributed by atoms with Crippen LogP contribution >= 0.6 is 0 Å². The summed E-state index contributed by atoms with van der Waals surface area (Å²) >= 11 is 0. The SMILES string of the molecule is COc1cc(-c2n[nH]nc2-c2ccc3c(c2)OCO3)cc(OC)c1OC. The summed E-state index contributed by atoms with van der Waals surface area (Å²) < 4.78 is 27.0. The molecule has 2 aromatic carbocycles. The van der Waals surface area contributed by atoms with Crippen molar-refractivity contribution in [3.63, 3.8) is 0 Å². The van der Waals surface area contributed by atoms with E-state index in [2.05, 4.69) is 15.4 Å². The Morgan fingerprint density at radius 3 is 2.12 bits per heavy atom. The van der Waals surface area contributed by atoms with E-state index >= 15 is 0 Å². The number of benzene rings is 2. The molecule has 0 atom stereocenters. The van der Waals surface area contributed by atoms with Crippen LogP contribution in [0.2, 0.25) is 0 Å². The summed E-state index contributed by atoms with van der Waals surface area (Å²) in [6.07, 6.45) is 0. The van der Waals surface area contributed by atoms with Gasteiger partial charge < -0.3 is 23.7 Å². The molecule has 0 unspecified atom stereocenters. The summed E-state index contributed by atoms with van der Waals surface area (Å²) in [5.74, 6) is 3.00. The first-order valence-electron chi connectivity index (χ1n) is 7.86. The largest absolute Gasteiger partial charge is 0.493 e. The zero-order valence-corrected chi connectivity index (χ0v) is 14.5. The Morgan fingerprint density at radius 1 is 0.808 bits per heavy atom. The van der Waals surface area contributed by atoms with Gasteiger partial charge in [0.05, 0.1) is 21.3 Å². The average Bonchev–Trinajstić information content (AvgIpc) is 3.35. The number of methoxy groups -OCH3 is 3. The van der Waals surface area contributed by atoms with Crippen molar-refractivity contribution in [2.75, 3.05) is 28.1 Å². The standard InChI is InChI=1S/C18H17N3O5/c1-22-14-7-11(8-15(23-2)18(14)24-3)17-16(19-21-20-17)10-4-5-12-13(6-10)26-9-25-12/h4-8H,9H2,1-3H3,(H,19,20,21). The molecule has 0 spiro atoms. The lowest BCUT2D eigenvalue weighted by atomic mass is 10.0. The van der Waals surface area contributed by atoms with Gasteiger partial charge in [0, 0.05) is 11.1 Å². The average molecular weight is 355 g/mol. The van der Waals surface area contributed by atoms with Gasteiger partial charge in [-0.3, -0.25) is 0 Å². The third kappa shape index (κ3) is 2.55. The molecule has 1 aliphatic rings. The summed E-state index contributed by atoms with van der Waals surface area (Å²) in [5.41, 5.74) is 2.97. The Kier molecular flexibility index (Phi) is 4.00. The normalized spacial score (nSPS) is 12.1. The molecule has 2 heterocycles. The number of aromatic nitrogens is 3. The van der Waals surface area contributed by atoms with E-state index in [4.69, 9.17) is 23.7 Å². The highest BCUT2D eigenvalue weighted by Gasteiger charge is 2.21. The van der Waals surface area contributed by atoms with Crippen LogP contribution in [-0.4, -0.2) is 43.5 Å². The molecule has 0 saturated heterocycles. The summed E-state index contributed by atoms with van der Waals surface area (Å²) in [4.78, 5) is 0. The first kappa shape index (κ1) is 16.1. The number of ether oxygens (including phenoxy) is 5. The topological polar surface area (TPSA) is 87.7 Å². The molecule has 1 aliphatic heterocycles. The van der Waals surface area contributed by atoms with Crippen molar-refractivity contribution in [2.45, 2.75) is 0 Å². The fraction of sp³-hybridized carbons (Fsp3) is 0.222. The minimum absolute atomic E-state index is 0.220. The summed E-state index contributed by atoms with van der Waals surface area (Å²) in [7, 11) is 4.71. The molecule has 0 saturated carbocycles. The fourth-order valence-corrected chi connectivity index (χ4v) is 2.90. The number of nitrogens with one attached hydrogen (secondary N) is 1. The van der Waals surface area contributed by atoms with E-state index in [1.54, 1.807) is 21.3 Å². The number of hydrogen-bond donors (Lipinski definition) is 1. The van der Waals surface area contributed by atoms with E-state index in [-0.39, 0.29) is 6.79 Å². The van der Waals surface area contributed by atoms with Crippen LogP contribution in [0.3, 0.4) is 0 Å². The van der Waals surface area contributed by atoms with Gasteiger partial charge in [0.1, 0.15) is 11.4 Å². The maximum absolute atomic E-state index is 5.45. The maximum atomic E-state index is 5.45. The van der Waals surface area contributed by atoms with Crippen molar-refractivity contribution in [1.29, 1.82) is 0 Å². The van der Waals surface area contributed by atoms with Gasteiger partial charge in [-0.1, -0.05) is 0 Å². The fourth-order valence-electron chi connectivity index (χ4n) is 2.90. The molecular formula is C18H17N3O5. The molecule has 4 rings (SSSR count). The van der Waals surface area contributed by atoms with Crippen molar-refractivity contribution >= 4 is 0 Å². The van der Waals surface area contributed by atoms with Gasteiger partial charge in [0.25, 0.3) is 0 Å². The summed E-state index contributed by atoms with van der Waals surface area (Å²) in [6.45, 7) is 0.220. The highest BCUT2D eigenvalue weighted by Crippen LogP contribution is 2.43. The molecule has 0 aliphatic carbocycles. The smallest absolute Gasteiger partial charge is 0.231 e. The maximum Gasteiger partial charge on any atom is 0.231 e. The molecule has 1 aromatic heterocycles. The molecule has 0 amide bonds. The van der Waals surface area contributed by atoms with Gasteiger partial charge >= 0.3 is 0 Å². The van der Waals surface area contributed by atoms with Crippen LogP contribution in [0.15, 0.2) is 30.3 Å². The second-order valence-electron chi connectivity index (χ2n) is 5.50. The first-order chi connectivity index (χ1) is 12.7. The van der Waals surface area contributed by atoms with Gasteiger partial charge in [-0.25, -0.2) is 0 Å². The molecule has 0 bridgehead atoms. The van der Waals surface area contributed by atoms with Crippen LogP contribution < -0.4 is 23.7 Å². The molecular weight excluding hydrogens is 338 g/mol. The molecule has 3 aromatic rings. The van der Waals surface area contributed by atoms with Gasteiger partial charge in [-0.05, 0) is 30.3 Å². The van der Waals surface area contributed by atoms with Crippen LogP contribution in [0.1, 0.15) is 0 Å². The Balaban J connectivity index is 1.82. The number of H-pyrrole nitrogens is 1. The molecule has 1 N–H and O–H groups in total. The van der Waals surface area contributed by atoms with Crippen LogP contribution in [0, 0.1) is 0 Å². The van der Waals surface area contributed by atoms with Gasteiger partial charge in [0.2, 0.25) is 12.5 Å². The first-order valence-corrected chi connectivity index (χ1v) is 7.86. The summed E-state index contributed by atoms with van der Waals surface area (Å²) in [5, 5.41) is 11.3. The minimum atomic E-state index is 0.220. The van der Waals surface area contributed by atoms with E-state index in [0.717, 1.165) is 11.1 Å². The van der Waals surface area contributed by atoms with Crippen LogP contribution in [0.25, 0.3) is 22.5 Å². The van der Waals surface area contributed by atoms with E-state index in [9.17, 15) is 0 Å². The number of nitrogens with zero attached hydrogens (tertiary/aromatic N) is 2. The summed E-state index contributed by atoms with van der Waals surface area (Å²) in [6, 6.07) is 9.30. The highest BCUT2D eigenvalue weighted by atomic mass is 16.7. The Labute approximate surface area is 149 Å². The van der Waals surface area contributed by atoms with E-state index in [0.29, 0.717) is 40.1 Å².